The van der Waals surface area contributed by atoms with Crippen LogP contribution in [0.1, 0.15) is 37.1 Å². The third-order valence-electron chi connectivity index (χ3n) is 4.38. The van der Waals surface area contributed by atoms with Crippen molar-refractivity contribution >= 4 is 0 Å². The zero-order valence-corrected chi connectivity index (χ0v) is 13.9. The summed E-state index contributed by atoms with van der Waals surface area (Å²) in [6.45, 7) is 3.66. The second-order valence-corrected chi connectivity index (χ2v) is 6.25. The van der Waals surface area contributed by atoms with Crippen molar-refractivity contribution in [3.8, 4) is 17.1 Å². The molecule has 24 heavy (non-hydrogen) atoms. The van der Waals surface area contributed by atoms with Crippen molar-refractivity contribution in [2.75, 3.05) is 0 Å². The predicted molar refractivity (Wildman–Crippen MR) is 92.6 cm³/mol. The summed E-state index contributed by atoms with van der Waals surface area (Å²) in [4.78, 5) is 4.80. The van der Waals surface area contributed by atoms with Crippen LogP contribution in [0, 0.1) is 0 Å². The maximum Gasteiger partial charge on any atom is 0.322 e. The van der Waals surface area contributed by atoms with Gasteiger partial charge in [-0.15, -0.1) is 0 Å². The number of aryl methyl sites for hydroxylation is 1. The van der Waals surface area contributed by atoms with Crippen LogP contribution in [0.2, 0.25) is 0 Å². The molecule has 1 aliphatic carbocycles. The van der Waals surface area contributed by atoms with E-state index in [1.165, 1.54) is 24.2 Å². The fraction of sp³-hybridized carbons (Fsp3) is 0.300. The van der Waals surface area contributed by atoms with Crippen LogP contribution in [0.25, 0.3) is 11.4 Å². The minimum absolute atomic E-state index is 0.586. The molecule has 4 heteroatoms. The lowest BCUT2D eigenvalue weighted by molar-refractivity contribution is -0.754. The lowest BCUT2D eigenvalue weighted by atomic mass is 10.2. The first kappa shape index (κ1) is 14.9. The topological polar surface area (TPSA) is 41.8 Å². The van der Waals surface area contributed by atoms with Crippen LogP contribution in [0.3, 0.4) is 0 Å². The van der Waals surface area contributed by atoms with Gasteiger partial charge in [-0.2, -0.15) is 9.78 Å². The number of nitrogens with one attached hydrogen (secondary N) is 1. The molecule has 0 atom stereocenters. The van der Waals surface area contributed by atoms with Crippen molar-refractivity contribution in [2.24, 2.45) is 0 Å². The van der Waals surface area contributed by atoms with E-state index >= 15 is 0 Å². The summed E-state index contributed by atoms with van der Waals surface area (Å²) in [6.07, 6.45) is 2.52. The summed E-state index contributed by atoms with van der Waals surface area (Å²) < 4.78 is 8.00. The van der Waals surface area contributed by atoms with Gasteiger partial charge >= 0.3 is 5.82 Å². The summed E-state index contributed by atoms with van der Waals surface area (Å²) in [7, 11) is 0. The number of nitrogens with zero attached hydrogens (tertiary/aromatic N) is 2. The Kier molecular flexibility index (Phi) is 4.03. The Labute approximate surface area is 142 Å². The van der Waals surface area contributed by atoms with E-state index in [1.54, 1.807) is 0 Å². The Bertz CT molecular complexity index is 805. The molecule has 3 aromatic rings. The number of aromatic amines is 1. The van der Waals surface area contributed by atoms with E-state index in [9.17, 15) is 0 Å². The molecule has 2 aromatic carbocycles. The number of aromatic nitrogens is 3. The second kappa shape index (κ2) is 6.48. The van der Waals surface area contributed by atoms with E-state index in [-0.39, 0.29) is 0 Å². The zero-order valence-electron chi connectivity index (χ0n) is 13.9. The Hall–Kier alpha value is -2.62. The van der Waals surface area contributed by atoms with Crippen molar-refractivity contribution in [2.45, 2.75) is 38.8 Å². The molecule has 1 N–H and O–H groups in total. The van der Waals surface area contributed by atoms with Gasteiger partial charge in [0.2, 0.25) is 0 Å². The lowest BCUT2D eigenvalue weighted by Gasteiger charge is -2.06. The third kappa shape index (κ3) is 3.18. The summed E-state index contributed by atoms with van der Waals surface area (Å²) in [6, 6.07) is 18.4. The van der Waals surface area contributed by atoms with Gasteiger partial charge < -0.3 is 4.74 Å². The average Bonchev–Trinajstić information content (AvgIpc) is 3.40. The van der Waals surface area contributed by atoms with E-state index in [0.29, 0.717) is 12.5 Å². The Morgan fingerprint density at radius 1 is 1.08 bits per heavy atom. The number of ether oxygens (including phenoxy) is 1. The van der Waals surface area contributed by atoms with E-state index < -0.39 is 0 Å². The summed E-state index contributed by atoms with van der Waals surface area (Å²) in [5.74, 6) is 3.65. The molecule has 0 aliphatic heterocycles. The zero-order chi connectivity index (χ0) is 16.4. The fourth-order valence-corrected chi connectivity index (χ4v) is 2.86. The average molecular weight is 320 g/mol. The van der Waals surface area contributed by atoms with E-state index in [2.05, 4.69) is 41.0 Å². The van der Waals surface area contributed by atoms with Crippen LogP contribution in [0.4, 0.5) is 0 Å². The minimum atomic E-state index is 0.586. The van der Waals surface area contributed by atoms with Gasteiger partial charge in [0.15, 0.2) is 0 Å². The molecule has 1 fully saturated rings. The van der Waals surface area contributed by atoms with Gasteiger partial charge in [0, 0.05) is 5.56 Å². The van der Waals surface area contributed by atoms with Gasteiger partial charge in [-0.1, -0.05) is 30.3 Å². The molecule has 0 amide bonds. The molecule has 4 rings (SSSR count). The first-order valence-electron chi connectivity index (χ1n) is 8.60. The molecule has 0 bridgehead atoms. The Morgan fingerprint density at radius 2 is 1.83 bits per heavy atom. The normalized spacial score (nSPS) is 13.9. The van der Waals surface area contributed by atoms with Gasteiger partial charge in [-0.05, 0) is 54.6 Å². The SMILES string of the molecule is CC[n+]1[nH]c(-c2ccc(OCc3ccccc3)cc2)nc1C1CC1. The fourth-order valence-electron chi connectivity index (χ4n) is 2.86. The molecule has 1 aliphatic rings. The number of H-pyrrole nitrogens is 1. The van der Waals surface area contributed by atoms with Crippen molar-refractivity contribution in [1.29, 1.82) is 0 Å². The highest BCUT2D eigenvalue weighted by molar-refractivity contribution is 5.55. The molecule has 122 valence electrons. The number of hydrogen-bond acceptors (Lipinski definition) is 2. The number of hydrogen-bond donors (Lipinski definition) is 1. The van der Waals surface area contributed by atoms with Crippen LogP contribution in [0.5, 0.6) is 5.75 Å². The summed E-state index contributed by atoms with van der Waals surface area (Å²) in [5, 5.41) is 3.41. The molecular formula is C20H22N3O+. The molecular weight excluding hydrogens is 298 g/mol. The Balaban J connectivity index is 1.47. The first-order chi connectivity index (χ1) is 11.8. The summed E-state index contributed by atoms with van der Waals surface area (Å²) >= 11 is 0. The largest absolute Gasteiger partial charge is 0.489 e. The van der Waals surface area contributed by atoms with E-state index in [1.807, 2.05) is 30.3 Å². The molecule has 1 heterocycles. The van der Waals surface area contributed by atoms with Crippen molar-refractivity contribution in [3.05, 3.63) is 66.0 Å². The Morgan fingerprint density at radius 3 is 2.50 bits per heavy atom. The highest BCUT2D eigenvalue weighted by atomic mass is 16.5. The maximum absolute atomic E-state index is 5.85. The third-order valence-corrected chi connectivity index (χ3v) is 4.38. The molecule has 0 saturated heterocycles. The van der Waals surface area contributed by atoms with Crippen LogP contribution >= 0.6 is 0 Å². The van der Waals surface area contributed by atoms with Crippen molar-refractivity contribution in [1.82, 2.24) is 10.1 Å². The van der Waals surface area contributed by atoms with Gasteiger partial charge in [0.1, 0.15) is 18.9 Å². The quantitative estimate of drug-likeness (QED) is 0.701. The van der Waals surface area contributed by atoms with Gasteiger partial charge in [0.05, 0.1) is 5.92 Å². The maximum atomic E-state index is 5.85. The molecule has 4 nitrogen and oxygen atoms in total. The molecule has 0 radical (unpaired) electrons. The highest BCUT2D eigenvalue weighted by Gasteiger charge is 2.36. The first-order valence-corrected chi connectivity index (χ1v) is 8.60. The molecule has 0 unspecified atom stereocenters. The smallest absolute Gasteiger partial charge is 0.322 e. The van der Waals surface area contributed by atoms with Crippen LogP contribution in [-0.4, -0.2) is 10.1 Å². The second-order valence-electron chi connectivity index (χ2n) is 6.25. The van der Waals surface area contributed by atoms with Gasteiger partial charge in [0.25, 0.3) is 5.82 Å². The van der Waals surface area contributed by atoms with Crippen LogP contribution in [-0.2, 0) is 13.2 Å². The van der Waals surface area contributed by atoms with Gasteiger partial charge in [-0.25, -0.2) is 0 Å². The molecule has 1 aromatic heterocycles. The minimum Gasteiger partial charge on any atom is -0.489 e. The predicted octanol–water partition coefficient (Wildman–Crippen LogP) is 3.84. The summed E-state index contributed by atoms with van der Waals surface area (Å²) in [5.41, 5.74) is 2.27. The standard InChI is InChI=1S/C20H21N3O/c1-2-23-20(17-8-9-17)21-19(22-23)16-10-12-18(13-11-16)24-14-15-6-4-3-5-7-15/h3-7,10-13,17H,2,8-9,14H2,1H3/p+1. The number of benzene rings is 2. The van der Waals surface area contributed by atoms with Crippen LogP contribution < -0.4 is 9.42 Å². The van der Waals surface area contributed by atoms with Crippen LogP contribution in [0.15, 0.2) is 54.6 Å². The van der Waals surface area contributed by atoms with E-state index in [0.717, 1.165) is 23.7 Å². The van der Waals surface area contributed by atoms with Gasteiger partial charge in [-0.3, -0.25) is 0 Å². The van der Waals surface area contributed by atoms with Crippen molar-refractivity contribution < 1.29 is 9.42 Å². The van der Waals surface area contributed by atoms with E-state index in [4.69, 9.17) is 9.72 Å². The molecule has 0 spiro atoms. The lowest BCUT2D eigenvalue weighted by Crippen LogP contribution is -2.38. The molecule has 1 saturated carbocycles. The number of rotatable bonds is 6. The highest BCUT2D eigenvalue weighted by Crippen LogP contribution is 2.38. The monoisotopic (exact) mass is 320 g/mol. The van der Waals surface area contributed by atoms with Crippen molar-refractivity contribution in [3.63, 3.8) is 0 Å².